The predicted molar refractivity (Wildman–Crippen MR) is 75.9 cm³/mol. The number of para-hydroxylation sites is 1. The number of anilines is 1. The highest BCUT2D eigenvalue weighted by Crippen LogP contribution is 2.34. The van der Waals surface area contributed by atoms with E-state index in [9.17, 15) is 0 Å². The molecule has 1 aliphatic rings. The summed E-state index contributed by atoms with van der Waals surface area (Å²) in [5.74, 6) is 0. The van der Waals surface area contributed by atoms with Gasteiger partial charge in [0.1, 0.15) is 0 Å². The Bertz CT molecular complexity index is 568. The molecule has 1 unspecified atom stereocenters. The molecular formula is C15H15ClN2. The smallest absolute Gasteiger partial charge is 0.0493 e. The molecule has 1 atom stereocenters. The molecule has 2 nitrogen and oxygen atoms in total. The van der Waals surface area contributed by atoms with Crippen molar-refractivity contribution in [2.75, 3.05) is 11.4 Å². The average Bonchev–Trinajstić information content (AvgIpc) is 2.70. The fourth-order valence-corrected chi connectivity index (χ4v) is 2.70. The normalized spacial score (nSPS) is 17.9. The number of halogens is 1. The second-order valence-electron chi connectivity index (χ2n) is 4.64. The first-order valence-electron chi connectivity index (χ1n) is 6.08. The summed E-state index contributed by atoms with van der Waals surface area (Å²) in [5.41, 5.74) is 9.75. The number of nitrogens with zero attached hydrogens (tertiary/aromatic N) is 1. The highest BCUT2D eigenvalue weighted by molar-refractivity contribution is 6.31. The fourth-order valence-electron chi connectivity index (χ4n) is 2.51. The molecular weight excluding hydrogens is 244 g/mol. The lowest BCUT2D eigenvalue weighted by atomic mass is 10.1. The van der Waals surface area contributed by atoms with Crippen LogP contribution in [-0.4, -0.2) is 6.54 Å². The summed E-state index contributed by atoms with van der Waals surface area (Å²) >= 11 is 6.21. The molecule has 0 spiro atoms. The van der Waals surface area contributed by atoms with Crippen LogP contribution in [0.5, 0.6) is 0 Å². The van der Waals surface area contributed by atoms with Gasteiger partial charge in [0.05, 0.1) is 0 Å². The third kappa shape index (κ3) is 1.98. The molecule has 92 valence electrons. The molecule has 1 heterocycles. The van der Waals surface area contributed by atoms with Gasteiger partial charge >= 0.3 is 0 Å². The van der Waals surface area contributed by atoms with Crippen LogP contribution in [0.15, 0.2) is 48.5 Å². The van der Waals surface area contributed by atoms with Gasteiger partial charge in [-0.3, -0.25) is 0 Å². The maximum atomic E-state index is 6.21. The molecule has 3 rings (SSSR count). The Labute approximate surface area is 112 Å². The first-order chi connectivity index (χ1) is 8.75. The Balaban J connectivity index is 1.90. The van der Waals surface area contributed by atoms with Gasteiger partial charge in [0.25, 0.3) is 0 Å². The van der Waals surface area contributed by atoms with Crippen LogP contribution in [-0.2, 0) is 6.54 Å². The summed E-state index contributed by atoms with van der Waals surface area (Å²) < 4.78 is 0. The number of rotatable bonds is 2. The fraction of sp³-hybridized carbons (Fsp3) is 0.200. The van der Waals surface area contributed by atoms with Crippen LogP contribution in [0.3, 0.4) is 0 Å². The van der Waals surface area contributed by atoms with Crippen LogP contribution < -0.4 is 10.6 Å². The highest BCUT2D eigenvalue weighted by atomic mass is 35.5. The Kier molecular flexibility index (Phi) is 2.98. The largest absolute Gasteiger partial charge is 0.365 e. The molecule has 3 heteroatoms. The minimum Gasteiger partial charge on any atom is -0.365 e. The van der Waals surface area contributed by atoms with Crippen molar-refractivity contribution in [2.45, 2.75) is 12.6 Å². The van der Waals surface area contributed by atoms with Crippen molar-refractivity contribution in [3.05, 3.63) is 64.7 Å². The number of nitrogens with two attached hydrogens (primary N) is 1. The second kappa shape index (κ2) is 4.63. The molecule has 0 aromatic heterocycles. The van der Waals surface area contributed by atoms with Gasteiger partial charge < -0.3 is 10.6 Å². The second-order valence-corrected chi connectivity index (χ2v) is 5.04. The van der Waals surface area contributed by atoms with E-state index in [0.717, 1.165) is 23.7 Å². The number of fused-ring (bicyclic) bond motifs is 1. The van der Waals surface area contributed by atoms with Crippen molar-refractivity contribution < 1.29 is 0 Å². The maximum Gasteiger partial charge on any atom is 0.0493 e. The summed E-state index contributed by atoms with van der Waals surface area (Å²) in [4.78, 5) is 2.29. The molecule has 2 aromatic carbocycles. The van der Waals surface area contributed by atoms with E-state index in [1.165, 1.54) is 11.3 Å². The van der Waals surface area contributed by atoms with Crippen LogP contribution in [0, 0.1) is 0 Å². The minimum absolute atomic E-state index is 0.101. The molecule has 0 amide bonds. The molecule has 2 aromatic rings. The SMILES string of the molecule is NC1CN(Cc2ccccc2Cl)c2ccccc21. The summed E-state index contributed by atoms with van der Waals surface area (Å²) in [6, 6.07) is 16.4. The van der Waals surface area contributed by atoms with Crippen molar-refractivity contribution in [1.82, 2.24) is 0 Å². The Hall–Kier alpha value is -1.51. The van der Waals surface area contributed by atoms with Crippen LogP contribution in [0.2, 0.25) is 5.02 Å². The van der Waals surface area contributed by atoms with Crippen LogP contribution >= 0.6 is 11.6 Å². The van der Waals surface area contributed by atoms with Gasteiger partial charge in [0.2, 0.25) is 0 Å². The lowest BCUT2D eigenvalue weighted by molar-refractivity contribution is 0.720. The van der Waals surface area contributed by atoms with E-state index in [2.05, 4.69) is 29.2 Å². The van der Waals surface area contributed by atoms with Crippen molar-refractivity contribution in [2.24, 2.45) is 5.73 Å². The standard InChI is InChI=1S/C15H15ClN2/c16-13-7-3-1-5-11(13)9-18-10-14(17)12-6-2-4-8-15(12)18/h1-8,14H,9-10,17H2. The van der Waals surface area contributed by atoms with E-state index in [4.69, 9.17) is 17.3 Å². The van der Waals surface area contributed by atoms with Gasteiger partial charge in [0.15, 0.2) is 0 Å². The molecule has 0 radical (unpaired) electrons. The van der Waals surface area contributed by atoms with Crippen molar-refractivity contribution >= 4 is 17.3 Å². The third-order valence-electron chi connectivity index (χ3n) is 3.41. The molecule has 0 fully saturated rings. The first-order valence-corrected chi connectivity index (χ1v) is 6.46. The van der Waals surface area contributed by atoms with Gasteiger partial charge in [-0.1, -0.05) is 48.0 Å². The predicted octanol–water partition coefficient (Wildman–Crippen LogP) is 3.36. The van der Waals surface area contributed by atoms with Crippen LogP contribution in [0.4, 0.5) is 5.69 Å². The quantitative estimate of drug-likeness (QED) is 0.895. The van der Waals surface area contributed by atoms with Crippen molar-refractivity contribution in [3.63, 3.8) is 0 Å². The van der Waals surface area contributed by atoms with E-state index >= 15 is 0 Å². The number of hydrogen-bond donors (Lipinski definition) is 1. The summed E-state index contributed by atoms with van der Waals surface area (Å²) in [5, 5.41) is 0.815. The summed E-state index contributed by atoms with van der Waals surface area (Å²) in [6.07, 6.45) is 0. The zero-order chi connectivity index (χ0) is 12.5. The lowest BCUT2D eigenvalue weighted by Gasteiger charge is -2.20. The van der Waals surface area contributed by atoms with E-state index in [-0.39, 0.29) is 6.04 Å². The minimum atomic E-state index is 0.101. The van der Waals surface area contributed by atoms with E-state index in [1.54, 1.807) is 0 Å². The Morgan fingerprint density at radius 1 is 1.11 bits per heavy atom. The molecule has 2 N–H and O–H groups in total. The molecule has 0 aliphatic carbocycles. The van der Waals surface area contributed by atoms with E-state index < -0.39 is 0 Å². The van der Waals surface area contributed by atoms with Gasteiger partial charge in [-0.05, 0) is 23.3 Å². The average molecular weight is 259 g/mol. The van der Waals surface area contributed by atoms with Gasteiger partial charge in [-0.2, -0.15) is 0 Å². The van der Waals surface area contributed by atoms with Crippen LogP contribution in [0.1, 0.15) is 17.2 Å². The van der Waals surface area contributed by atoms with Crippen molar-refractivity contribution in [3.8, 4) is 0 Å². The molecule has 0 bridgehead atoms. The van der Waals surface area contributed by atoms with Gasteiger partial charge in [0, 0.05) is 29.8 Å². The number of hydrogen-bond acceptors (Lipinski definition) is 2. The number of benzene rings is 2. The maximum absolute atomic E-state index is 6.21. The van der Waals surface area contributed by atoms with Gasteiger partial charge in [-0.15, -0.1) is 0 Å². The molecule has 0 saturated heterocycles. The molecule has 0 saturated carbocycles. The zero-order valence-corrected chi connectivity index (χ0v) is 10.8. The Morgan fingerprint density at radius 2 is 1.83 bits per heavy atom. The topological polar surface area (TPSA) is 29.3 Å². The highest BCUT2D eigenvalue weighted by Gasteiger charge is 2.25. The Morgan fingerprint density at radius 3 is 2.67 bits per heavy atom. The zero-order valence-electron chi connectivity index (χ0n) is 10.0. The lowest BCUT2D eigenvalue weighted by Crippen LogP contribution is -2.24. The van der Waals surface area contributed by atoms with Crippen molar-refractivity contribution in [1.29, 1.82) is 0 Å². The molecule has 1 aliphatic heterocycles. The third-order valence-corrected chi connectivity index (χ3v) is 3.78. The summed E-state index contributed by atoms with van der Waals surface area (Å²) in [7, 11) is 0. The van der Waals surface area contributed by atoms with Crippen LogP contribution in [0.25, 0.3) is 0 Å². The summed E-state index contributed by atoms with van der Waals surface area (Å²) in [6.45, 7) is 1.66. The van der Waals surface area contributed by atoms with E-state index in [1.807, 2.05) is 24.3 Å². The van der Waals surface area contributed by atoms with Gasteiger partial charge in [-0.25, -0.2) is 0 Å². The van der Waals surface area contributed by atoms with E-state index in [0.29, 0.717) is 0 Å². The molecule has 18 heavy (non-hydrogen) atoms. The monoisotopic (exact) mass is 258 g/mol. The first kappa shape index (κ1) is 11.6.